The molecular formula is C9H12BrFN2O. The lowest BCUT2D eigenvalue weighted by Gasteiger charge is -2.09. The van der Waals surface area contributed by atoms with Gasteiger partial charge in [0.2, 0.25) is 0 Å². The Balaban J connectivity index is 2.90. The Morgan fingerprint density at radius 3 is 2.79 bits per heavy atom. The van der Waals surface area contributed by atoms with Crippen LogP contribution in [0.2, 0.25) is 0 Å². The molecule has 0 radical (unpaired) electrons. The third-order valence-electron chi connectivity index (χ3n) is 1.78. The van der Waals surface area contributed by atoms with Gasteiger partial charge in [-0.15, -0.1) is 0 Å². The summed E-state index contributed by atoms with van der Waals surface area (Å²) in [5.41, 5.74) is 6.50. The maximum absolute atomic E-state index is 13.3. The molecule has 0 amide bonds. The van der Waals surface area contributed by atoms with Crippen molar-refractivity contribution in [2.45, 2.75) is 6.54 Å². The number of benzene rings is 1. The normalized spacial score (nSPS) is 10.3. The summed E-state index contributed by atoms with van der Waals surface area (Å²) in [7, 11) is 0. The van der Waals surface area contributed by atoms with Gasteiger partial charge in [0, 0.05) is 17.6 Å². The van der Waals surface area contributed by atoms with Gasteiger partial charge in [-0.2, -0.15) is 0 Å². The Labute approximate surface area is 90.2 Å². The predicted molar refractivity (Wildman–Crippen MR) is 57.6 cm³/mol. The fourth-order valence-electron chi connectivity index (χ4n) is 1.07. The number of aliphatic hydroxyl groups is 1. The minimum absolute atomic E-state index is 0.0320. The first-order valence-electron chi connectivity index (χ1n) is 4.21. The smallest absolute Gasteiger partial charge is 0.146 e. The zero-order chi connectivity index (χ0) is 10.6. The first kappa shape index (κ1) is 11.4. The molecule has 0 unspecified atom stereocenters. The summed E-state index contributed by atoms with van der Waals surface area (Å²) in [5, 5.41) is 11.3. The molecule has 3 nitrogen and oxygen atoms in total. The largest absolute Gasteiger partial charge is 0.395 e. The van der Waals surface area contributed by atoms with Crippen LogP contribution in [-0.4, -0.2) is 18.3 Å². The number of halogens is 2. The lowest BCUT2D eigenvalue weighted by Crippen LogP contribution is -2.08. The molecule has 0 atom stereocenters. The van der Waals surface area contributed by atoms with Crippen LogP contribution in [-0.2, 0) is 6.54 Å². The lowest BCUT2D eigenvalue weighted by atomic mass is 10.2. The third-order valence-corrected chi connectivity index (χ3v) is 2.52. The van der Waals surface area contributed by atoms with Gasteiger partial charge >= 0.3 is 0 Å². The van der Waals surface area contributed by atoms with Crippen LogP contribution in [0.1, 0.15) is 5.56 Å². The predicted octanol–water partition coefficient (Wildman–Crippen LogP) is 1.45. The second-order valence-electron chi connectivity index (χ2n) is 2.78. The van der Waals surface area contributed by atoms with Crippen LogP contribution in [0.3, 0.4) is 0 Å². The maximum atomic E-state index is 13.3. The van der Waals surface area contributed by atoms with Crippen molar-refractivity contribution in [1.82, 2.24) is 0 Å². The van der Waals surface area contributed by atoms with Gasteiger partial charge in [-0.3, -0.25) is 0 Å². The zero-order valence-corrected chi connectivity index (χ0v) is 9.14. The van der Waals surface area contributed by atoms with Crippen molar-refractivity contribution in [2.24, 2.45) is 5.73 Å². The van der Waals surface area contributed by atoms with Gasteiger partial charge in [-0.25, -0.2) is 4.39 Å². The second kappa shape index (κ2) is 5.29. The van der Waals surface area contributed by atoms with Crippen LogP contribution >= 0.6 is 15.9 Å². The van der Waals surface area contributed by atoms with E-state index >= 15 is 0 Å². The Hall–Kier alpha value is -0.650. The summed E-state index contributed by atoms with van der Waals surface area (Å²) in [6.45, 7) is 0.582. The lowest BCUT2D eigenvalue weighted by molar-refractivity contribution is 0.311. The summed E-state index contributed by atoms with van der Waals surface area (Å²) in [6.07, 6.45) is 0. The Morgan fingerprint density at radius 1 is 1.50 bits per heavy atom. The van der Waals surface area contributed by atoms with Crippen LogP contribution in [0.5, 0.6) is 0 Å². The van der Waals surface area contributed by atoms with Crippen molar-refractivity contribution in [3.8, 4) is 0 Å². The van der Waals surface area contributed by atoms with Gasteiger partial charge in [-0.1, -0.05) is 15.9 Å². The fraction of sp³-hybridized carbons (Fsp3) is 0.333. The SMILES string of the molecule is NCc1cc(F)c(NCCO)cc1Br. The third kappa shape index (κ3) is 2.67. The first-order chi connectivity index (χ1) is 6.69. The van der Waals surface area contributed by atoms with E-state index in [1.165, 1.54) is 6.07 Å². The minimum Gasteiger partial charge on any atom is -0.395 e. The van der Waals surface area contributed by atoms with Crippen LogP contribution in [0.25, 0.3) is 0 Å². The van der Waals surface area contributed by atoms with Gasteiger partial charge in [0.1, 0.15) is 5.82 Å². The summed E-state index contributed by atoms with van der Waals surface area (Å²) in [4.78, 5) is 0. The first-order valence-corrected chi connectivity index (χ1v) is 5.01. The van der Waals surface area contributed by atoms with E-state index < -0.39 is 0 Å². The Morgan fingerprint density at radius 2 is 2.21 bits per heavy atom. The number of nitrogens with two attached hydrogens (primary N) is 1. The molecular weight excluding hydrogens is 251 g/mol. The average Bonchev–Trinajstić information content (AvgIpc) is 2.18. The topological polar surface area (TPSA) is 58.3 Å². The highest BCUT2D eigenvalue weighted by Crippen LogP contribution is 2.24. The van der Waals surface area contributed by atoms with Crippen molar-refractivity contribution in [1.29, 1.82) is 0 Å². The van der Waals surface area contributed by atoms with Crippen molar-refractivity contribution in [3.05, 3.63) is 28.0 Å². The van der Waals surface area contributed by atoms with Crippen molar-refractivity contribution >= 4 is 21.6 Å². The number of aliphatic hydroxyl groups excluding tert-OH is 1. The molecule has 1 aromatic carbocycles. The standard InChI is InChI=1S/C9H12BrFN2O/c10-7-4-9(13-1-2-14)8(11)3-6(7)5-12/h3-4,13-14H,1-2,5,12H2. The Bertz CT molecular complexity index is 320. The summed E-state index contributed by atoms with van der Waals surface area (Å²) in [6, 6.07) is 3.00. The highest BCUT2D eigenvalue weighted by atomic mass is 79.9. The number of rotatable bonds is 4. The highest BCUT2D eigenvalue weighted by molar-refractivity contribution is 9.10. The molecule has 0 aromatic heterocycles. The number of hydrogen-bond donors (Lipinski definition) is 3. The molecule has 0 aliphatic rings. The maximum Gasteiger partial charge on any atom is 0.146 e. The van der Waals surface area contributed by atoms with E-state index in [2.05, 4.69) is 21.2 Å². The molecule has 0 heterocycles. The molecule has 1 aromatic rings. The molecule has 0 aliphatic carbocycles. The highest BCUT2D eigenvalue weighted by Gasteiger charge is 2.06. The van der Waals surface area contributed by atoms with Gasteiger partial charge in [0.15, 0.2) is 0 Å². The number of hydrogen-bond acceptors (Lipinski definition) is 3. The van der Waals surface area contributed by atoms with Crippen molar-refractivity contribution in [3.63, 3.8) is 0 Å². The van der Waals surface area contributed by atoms with Crippen LogP contribution < -0.4 is 11.1 Å². The van der Waals surface area contributed by atoms with E-state index in [0.717, 1.165) is 10.0 Å². The van der Waals surface area contributed by atoms with E-state index in [-0.39, 0.29) is 19.0 Å². The zero-order valence-electron chi connectivity index (χ0n) is 7.56. The monoisotopic (exact) mass is 262 g/mol. The van der Waals surface area contributed by atoms with Gasteiger partial charge < -0.3 is 16.2 Å². The molecule has 78 valence electrons. The van der Waals surface area contributed by atoms with Gasteiger partial charge in [0.05, 0.1) is 12.3 Å². The molecule has 0 spiro atoms. The molecule has 1 rings (SSSR count). The average molecular weight is 263 g/mol. The van der Waals surface area contributed by atoms with Crippen LogP contribution in [0, 0.1) is 5.82 Å². The Kier molecular flexibility index (Phi) is 4.31. The summed E-state index contributed by atoms with van der Waals surface area (Å²) in [5.74, 6) is -0.359. The van der Waals surface area contributed by atoms with Gasteiger partial charge in [0.25, 0.3) is 0 Å². The number of anilines is 1. The molecule has 0 fully saturated rings. The van der Waals surface area contributed by atoms with Crippen molar-refractivity contribution < 1.29 is 9.50 Å². The number of nitrogens with one attached hydrogen (secondary N) is 1. The van der Waals surface area contributed by atoms with E-state index in [4.69, 9.17) is 10.8 Å². The van der Waals surface area contributed by atoms with E-state index in [1.807, 2.05) is 0 Å². The fourth-order valence-corrected chi connectivity index (χ4v) is 1.58. The molecule has 4 N–H and O–H groups in total. The molecule has 0 saturated carbocycles. The van der Waals surface area contributed by atoms with E-state index in [1.54, 1.807) is 6.07 Å². The molecule has 0 bridgehead atoms. The molecule has 14 heavy (non-hydrogen) atoms. The summed E-state index contributed by atoms with van der Waals surface area (Å²) >= 11 is 3.28. The second-order valence-corrected chi connectivity index (χ2v) is 3.63. The van der Waals surface area contributed by atoms with Crippen LogP contribution in [0.15, 0.2) is 16.6 Å². The molecule has 0 aliphatic heterocycles. The summed E-state index contributed by atoms with van der Waals surface area (Å²) < 4.78 is 14.1. The quantitative estimate of drug-likeness (QED) is 0.770. The molecule has 5 heteroatoms. The van der Waals surface area contributed by atoms with Crippen molar-refractivity contribution in [2.75, 3.05) is 18.5 Å². The minimum atomic E-state index is -0.359. The van der Waals surface area contributed by atoms with Gasteiger partial charge in [-0.05, 0) is 17.7 Å². The van der Waals surface area contributed by atoms with Crippen LogP contribution in [0.4, 0.5) is 10.1 Å². The molecule has 0 saturated heterocycles. The van der Waals surface area contributed by atoms with E-state index in [9.17, 15) is 4.39 Å². The van der Waals surface area contributed by atoms with E-state index in [0.29, 0.717) is 12.2 Å².